The van der Waals surface area contributed by atoms with Gasteiger partial charge in [0.15, 0.2) is 0 Å². The van der Waals surface area contributed by atoms with Gasteiger partial charge in [0.05, 0.1) is 26.8 Å². The molecule has 0 amide bonds. The summed E-state index contributed by atoms with van der Waals surface area (Å²) in [5.74, 6) is 0. The molecule has 0 unspecified atom stereocenters. The second-order valence-corrected chi connectivity index (χ2v) is 16.9. The zero-order valence-corrected chi connectivity index (χ0v) is 32.1. The molecule has 12 aromatic rings. The second kappa shape index (κ2) is 11.1. The van der Waals surface area contributed by atoms with Crippen LogP contribution in [0.15, 0.2) is 168 Å². The fourth-order valence-corrected chi connectivity index (χ4v) is 11.0. The Labute approximate surface area is 331 Å². The van der Waals surface area contributed by atoms with Gasteiger partial charge in [0.2, 0.25) is 0 Å². The second-order valence-electron chi connectivity index (χ2n) is 15.9. The highest BCUT2D eigenvalue weighted by atomic mass is 32.1. The van der Waals surface area contributed by atoms with Gasteiger partial charge in [-0.3, -0.25) is 0 Å². The van der Waals surface area contributed by atoms with E-state index in [1.807, 2.05) is 6.07 Å². The van der Waals surface area contributed by atoms with Gasteiger partial charge in [-0.1, -0.05) is 111 Å². The van der Waals surface area contributed by atoms with E-state index in [1.165, 1.54) is 65.0 Å². The van der Waals surface area contributed by atoms with E-state index in [1.54, 1.807) is 11.3 Å². The summed E-state index contributed by atoms with van der Waals surface area (Å²) < 4.78 is 10.2. The quantitative estimate of drug-likeness (QED) is 0.180. The van der Waals surface area contributed by atoms with Crippen LogP contribution in [-0.2, 0) is 5.41 Å². The van der Waals surface area contributed by atoms with Gasteiger partial charge in [-0.15, -0.1) is 11.3 Å². The minimum absolute atomic E-state index is 0.136. The highest BCUT2D eigenvalue weighted by Crippen LogP contribution is 2.52. The van der Waals surface area contributed by atoms with Crippen molar-refractivity contribution in [2.75, 3.05) is 4.90 Å². The summed E-state index contributed by atoms with van der Waals surface area (Å²) in [5, 5.41) is 8.26. The van der Waals surface area contributed by atoms with Gasteiger partial charge in [0.1, 0.15) is 16.2 Å². The number of furan rings is 1. The average molecular weight is 748 g/mol. The first-order valence-electron chi connectivity index (χ1n) is 19.5. The molecule has 5 heteroatoms. The lowest BCUT2D eigenvalue weighted by atomic mass is 9.82. The molecule has 0 saturated heterocycles. The molecule has 0 saturated carbocycles. The van der Waals surface area contributed by atoms with Gasteiger partial charge in [-0.25, -0.2) is 4.98 Å². The largest absolute Gasteiger partial charge is 0.456 e. The third-order valence-corrected chi connectivity index (χ3v) is 13.7. The number of hydrogen-bond donors (Lipinski definition) is 0. The molecule has 0 aliphatic heterocycles. The van der Waals surface area contributed by atoms with E-state index in [9.17, 15) is 0 Å². The van der Waals surface area contributed by atoms with Crippen LogP contribution in [0.1, 0.15) is 25.0 Å². The number of rotatable bonds is 4. The van der Waals surface area contributed by atoms with Gasteiger partial charge >= 0.3 is 0 Å². The van der Waals surface area contributed by atoms with Crippen LogP contribution in [0.2, 0.25) is 0 Å². The SMILES string of the molecule is CC1(C)c2ccccc2-c2ccc(N(c3ccc4c(c3)oc3ccccc34)c3ccc4c(c3)c3c5sc(-c6ccccc6)nc5cc5c6ccccc6n4c53)cc21. The monoisotopic (exact) mass is 747 g/mol. The summed E-state index contributed by atoms with van der Waals surface area (Å²) in [4.78, 5) is 7.69. The van der Waals surface area contributed by atoms with Crippen LogP contribution in [-0.4, -0.2) is 9.38 Å². The molecule has 57 heavy (non-hydrogen) atoms. The fourth-order valence-electron chi connectivity index (χ4n) is 9.91. The zero-order chi connectivity index (χ0) is 37.6. The molecule has 4 heterocycles. The summed E-state index contributed by atoms with van der Waals surface area (Å²) in [6.07, 6.45) is 0. The predicted octanol–water partition coefficient (Wildman–Crippen LogP) is 14.8. The van der Waals surface area contributed by atoms with Gasteiger partial charge in [0, 0.05) is 66.4 Å². The van der Waals surface area contributed by atoms with Crippen LogP contribution in [0, 0.1) is 0 Å². The first kappa shape index (κ1) is 31.3. The smallest absolute Gasteiger partial charge is 0.137 e. The maximum absolute atomic E-state index is 6.50. The van der Waals surface area contributed by atoms with Crippen molar-refractivity contribution in [3.8, 4) is 21.7 Å². The minimum Gasteiger partial charge on any atom is -0.456 e. The van der Waals surface area contributed by atoms with E-state index in [0.717, 1.165) is 55.1 Å². The van der Waals surface area contributed by atoms with Crippen molar-refractivity contribution in [2.24, 2.45) is 0 Å². The molecule has 8 aromatic carbocycles. The average Bonchev–Trinajstić information content (AvgIpc) is 4.05. The number of fused-ring (bicyclic) bond motifs is 14. The zero-order valence-electron chi connectivity index (χ0n) is 31.2. The number of anilines is 3. The molecule has 0 radical (unpaired) electrons. The minimum atomic E-state index is -0.136. The topological polar surface area (TPSA) is 33.7 Å². The standard InChI is InChI=1S/C52H33N3OS/c1-52(2)41-17-9-6-14-34(41)35-23-20-32(27-42(35)52)54(33-21-24-38-37-16-8-11-19-46(37)56-47(38)28-33)31-22-25-45-40(26-31)48-49-39(36-15-7-10-18-44(36)55(45)49)29-43-50(48)57-51(53-43)30-12-4-3-5-13-30/h3-29H,1-2H3. The Morgan fingerprint density at radius 1 is 0.544 bits per heavy atom. The van der Waals surface area contributed by atoms with Crippen LogP contribution in [0.5, 0.6) is 0 Å². The van der Waals surface area contributed by atoms with E-state index in [-0.39, 0.29) is 5.41 Å². The third-order valence-electron chi connectivity index (χ3n) is 12.5. The predicted molar refractivity (Wildman–Crippen MR) is 239 cm³/mol. The Morgan fingerprint density at radius 2 is 1.23 bits per heavy atom. The molecule has 0 spiro atoms. The van der Waals surface area contributed by atoms with Crippen LogP contribution >= 0.6 is 11.3 Å². The van der Waals surface area contributed by atoms with Gasteiger partial charge in [-0.2, -0.15) is 0 Å². The number of benzene rings is 8. The summed E-state index contributed by atoms with van der Waals surface area (Å²) in [6, 6.07) is 59.5. The van der Waals surface area contributed by atoms with Gasteiger partial charge < -0.3 is 13.7 Å². The fraction of sp³-hybridized carbons (Fsp3) is 0.0577. The third kappa shape index (κ3) is 4.19. The van der Waals surface area contributed by atoms with Crippen LogP contribution < -0.4 is 4.90 Å². The lowest BCUT2D eigenvalue weighted by Gasteiger charge is -2.28. The Bertz CT molecular complexity index is 3630. The van der Waals surface area contributed by atoms with Crippen molar-refractivity contribution in [3.05, 3.63) is 175 Å². The molecular weight excluding hydrogens is 715 g/mol. The lowest BCUT2D eigenvalue weighted by molar-refractivity contribution is 0.660. The van der Waals surface area contributed by atoms with E-state index >= 15 is 0 Å². The number of para-hydroxylation sites is 2. The van der Waals surface area contributed by atoms with Crippen LogP contribution in [0.25, 0.3) is 91.9 Å². The van der Waals surface area contributed by atoms with Crippen molar-refractivity contribution < 1.29 is 4.42 Å². The van der Waals surface area contributed by atoms with Crippen LogP contribution in [0.4, 0.5) is 17.1 Å². The summed E-state index contributed by atoms with van der Waals surface area (Å²) in [7, 11) is 0. The Hall–Kier alpha value is -6.95. The molecule has 0 atom stereocenters. The first-order valence-corrected chi connectivity index (χ1v) is 20.4. The highest BCUT2D eigenvalue weighted by Gasteiger charge is 2.36. The number of thiazole rings is 1. The summed E-state index contributed by atoms with van der Waals surface area (Å²) in [6.45, 7) is 4.70. The van der Waals surface area contributed by atoms with E-state index in [0.29, 0.717) is 0 Å². The lowest BCUT2D eigenvalue weighted by Crippen LogP contribution is -2.16. The molecule has 4 nitrogen and oxygen atoms in total. The molecule has 13 rings (SSSR count). The molecule has 4 aromatic heterocycles. The first-order chi connectivity index (χ1) is 28.0. The highest BCUT2D eigenvalue weighted by molar-refractivity contribution is 7.22. The molecule has 0 fully saturated rings. The van der Waals surface area contributed by atoms with Crippen molar-refractivity contribution in [1.29, 1.82) is 0 Å². The number of aromatic nitrogens is 2. The van der Waals surface area contributed by atoms with Crippen LogP contribution in [0.3, 0.4) is 0 Å². The maximum atomic E-state index is 6.50. The van der Waals surface area contributed by atoms with Crippen molar-refractivity contribution >= 4 is 98.6 Å². The van der Waals surface area contributed by atoms with Crippen molar-refractivity contribution in [3.63, 3.8) is 0 Å². The Balaban J connectivity index is 1.10. The molecule has 268 valence electrons. The molecule has 1 aliphatic carbocycles. The number of nitrogens with zero attached hydrogens (tertiary/aromatic N) is 3. The van der Waals surface area contributed by atoms with E-state index in [4.69, 9.17) is 9.40 Å². The normalized spacial score (nSPS) is 13.6. The van der Waals surface area contributed by atoms with E-state index in [2.05, 4.69) is 181 Å². The maximum Gasteiger partial charge on any atom is 0.137 e. The molecule has 0 N–H and O–H groups in total. The molecule has 0 bridgehead atoms. The van der Waals surface area contributed by atoms with Gasteiger partial charge in [0.25, 0.3) is 0 Å². The summed E-state index contributed by atoms with van der Waals surface area (Å²) in [5.41, 5.74) is 16.1. The van der Waals surface area contributed by atoms with Crippen molar-refractivity contribution in [1.82, 2.24) is 9.38 Å². The number of hydrogen-bond acceptors (Lipinski definition) is 4. The Morgan fingerprint density at radius 3 is 2.14 bits per heavy atom. The molecule has 1 aliphatic rings. The Kier molecular flexibility index (Phi) is 6.09. The summed E-state index contributed by atoms with van der Waals surface area (Å²) >= 11 is 1.79. The molecular formula is C52H33N3OS. The van der Waals surface area contributed by atoms with Crippen molar-refractivity contribution in [2.45, 2.75) is 19.3 Å². The van der Waals surface area contributed by atoms with Gasteiger partial charge in [-0.05, 0) is 82.9 Å². The van der Waals surface area contributed by atoms with E-state index < -0.39 is 0 Å².